The highest BCUT2D eigenvalue weighted by atomic mass is 19.1. The predicted molar refractivity (Wildman–Crippen MR) is 176 cm³/mol. The van der Waals surface area contributed by atoms with Crippen molar-refractivity contribution in [1.82, 2.24) is 4.90 Å². The number of hydrogen-bond donors (Lipinski definition) is 2. The molecule has 1 amide bonds. The van der Waals surface area contributed by atoms with Gasteiger partial charge in [0.05, 0.1) is 23.9 Å². The van der Waals surface area contributed by atoms with E-state index in [0.29, 0.717) is 30.5 Å². The maximum Gasteiger partial charge on any atom is 0.413 e. The van der Waals surface area contributed by atoms with Crippen LogP contribution >= 0.6 is 0 Å². The van der Waals surface area contributed by atoms with Gasteiger partial charge in [0.2, 0.25) is 0 Å². The second-order valence-electron chi connectivity index (χ2n) is 11.7. The van der Waals surface area contributed by atoms with E-state index in [1.165, 1.54) is 4.90 Å². The van der Waals surface area contributed by atoms with Crippen molar-refractivity contribution in [3.05, 3.63) is 64.6 Å². The van der Waals surface area contributed by atoms with Gasteiger partial charge in [-0.2, -0.15) is 5.26 Å². The number of nitriles is 1. The summed E-state index contributed by atoms with van der Waals surface area (Å²) in [6, 6.07) is 7.70. The van der Waals surface area contributed by atoms with Crippen molar-refractivity contribution in [3.63, 3.8) is 0 Å². The zero-order valence-electron chi connectivity index (χ0n) is 27.7. The van der Waals surface area contributed by atoms with Crippen molar-refractivity contribution in [2.45, 2.75) is 100 Å². The number of halogens is 1. The Morgan fingerprint density at radius 3 is 2.49 bits per heavy atom. The first kappa shape index (κ1) is 37.6. The highest BCUT2D eigenvalue weighted by Crippen LogP contribution is 2.42. The molecule has 238 valence electrons. The van der Waals surface area contributed by atoms with Crippen molar-refractivity contribution in [2.24, 2.45) is 16.3 Å². The van der Waals surface area contributed by atoms with Crippen LogP contribution in [0.15, 0.2) is 58.5 Å². The molecule has 1 fully saturated rings. The normalized spacial score (nSPS) is 19.9. The molecule has 43 heavy (non-hydrogen) atoms. The van der Waals surface area contributed by atoms with Crippen LogP contribution in [0.1, 0.15) is 98.6 Å². The Kier molecular flexibility index (Phi) is 15.4. The Morgan fingerprint density at radius 2 is 1.98 bits per heavy atom. The zero-order valence-corrected chi connectivity index (χ0v) is 27.7. The minimum absolute atomic E-state index is 0.0542. The summed E-state index contributed by atoms with van der Waals surface area (Å²) in [6.07, 6.45) is 9.47. The first-order valence-electron chi connectivity index (χ1n) is 15.4. The Hall–Kier alpha value is -3.44. The molecule has 0 saturated heterocycles. The summed E-state index contributed by atoms with van der Waals surface area (Å²) in [7, 11) is 0. The molecular formula is C35H53FN4O3. The number of carboxylic acid groups (broad SMARTS) is 1. The second kappa shape index (κ2) is 17.6. The third-order valence-electron chi connectivity index (χ3n) is 7.99. The highest BCUT2D eigenvalue weighted by molar-refractivity contribution is 5.83. The molecule has 1 aliphatic rings. The lowest BCUT2D eigenvalue weighted by Crippen LogP contribution is -2.44. The minimum atomic E-state index is -1.12. The van der Waals surface area contributed by atoms with Crippen LogP contribution in [0.4, 0.5) is 14.9 Å². The number of allylic oxidation sites excluding steroid dienone is 3. The van der Waals surface area contributed by atoms with E-state index in [-0.39, 0.29) is 18.3 Å². The van der Waals surface area contributed by atoms with Gasteiger partial charge >= 0.3 is 6.09 Å². The van der Waals surface area contributed by atoms with Crippen LogP contribution in [0, 0.1) is 29.6 Å². The SMILES string of the molecule is C/C=C\N(C[C@@]1(CF)CCC[C@@H](CN(C(=O)O)C(=C/C)/N=C\C(=C(C)CC)C(C)(C)O)C1)c1cc(C#N)ccc1C.CC. The maximum atomic E-state index is 14.9. The summed E-state index contributed by atoms with van der Waals surface area (Å²) >= 11 is 0. The number of benzene rings is 1. The first-order valence-corrected chi connectivity index (χ1v) is 15.4. The predicted octanol–water partition coefficient (Wildman–Crippen LogP) is 8.79. The summed E-state index contributed by atoms with van der Waals surface area (Å²) < 4.78 is 14.9. The van der Waals surface area contributed by atoms with Crippen molar-refractivity contribution >= 4 is 18.0 Å². The largest absolute Gasteiger partial charge is 0.465 e. The van der Waals surface area contributed by atoms with Crippen LogP contribution < -0.4 is 4.90 Å². The Balaban J connectivity index is 0.00000452. The molecule has 1 saturated carbocycles. The Bertz CT molecular complexity index is 1220. The third-order valence-corrected chi connectivity index (χ3v) is 7.99. The average molecular weight is 597 g/mol. The van der Waals surface area contributed by atoms with Gasteiger partial charge in [-0.15, -0.1) is 0 Å². The number of aliphatic hydroxyl groups is 1. The van der Waals surface area contributed by atoms with Gasteiger partial charge in [0.15, 0.2) is 0 Å². The number of hydrogen-bond acceptors (Lipinski definition) is 5. The molecule has 0 spiro atoms. The molecular weight excluding hydrogens is 543 g/mol. The van der Waals surface area contributed by atoms with Crippen LogP contribution in [-0.4, -0.2) is 52.8 Å². The van der Waals surface area contributed by atoms with Crippen molar-refractivity contribution in [2.75, 3.05) is 24.7 Å². The number of anilines is 1. The van der Waals surface area contributed by atoms with Gasteiger partial charge in [-0.25, -0.2) is 9.79 Å². The molecule has 2 N–H and O–H groups in total. The molecule has 0 unspecified atom stereocenters. The summed E-state index contributed by atoms with van der Waals surface area (Å²) in [5.74, 6) is 0.223. The van der Waals surface area contributed by atoms with Crippen molar-refractivity contribution in [1.29, 1.82) is 5.26 Å². The molecule has 2 rings (SSSR count). The fourth-order valence-corrected chi connectivity index (χ4v) is 5.73. The van der Waals surface area contributed by atoms with E-state index in [9.17, 15) is 24.7 Å². The molecule has 1 aromatic carbocycles. The molecule has 0 radical (unpaired) electrons. The molecule has 8 heteroatoms. The van der Waals surface area contributed by atoms with E-state index in [4.69, 9.17) is 0 Å². The number of aliphatic imine (C=N–C) groups is 1. The lowest BCUT2D eigenvalue weighted by molar-refractivity contribution is 0.0884. The number of aryl methyl sites for hydroxylation is 1. The van der Waals surface area contributed by atoms with Crippen molar-refractivity contribution in [3.8, 4) is 6.07 Å². The molecule has 0 heterocycles. The third kappa shape index (κ3) is 10.7. The fourth-order valence-electron chi connectivity index (χ4n) is 5.73. The number of nitrogens with zero attached hydrogens (tertiary/aromatic N) is 4. The lowest BCUT2D eigenvalue weighted by atomic mass is 9.69. The summed E-state index contributed by atoms with van der Waals surface area (Å²) in [5.41, 5.74) is 2.25. The number of carbonyl (C=O) groups is 1. The molecule has 1 aromatic rings. The molecule has 0 aromatic heterocycles. The Morgan fingerprint density at radius 1 is 1.30 bits per heavy atom. The van der Waals surface area contributed by atoms with Gasteiger partial charge < -0.3 is 15.1 Å². The average Bonchev–Trinajstić information content (AvgIpc) is 2.98. The number of amides is 1. The zero-order chi connectivity index (χ0) is 32.8. The quantitative estimate of drug-likeness (QED) is 0.235. The van der Waals surface area contributed by atoms with Gasteiger partial charge in [-0.05, 0) is 103 Å². The van der Waals surface area contributed by atoms with E-state index < -0.39 is 23.8 Å². The van der Waals surface area contributed by atoms with Crippen LogP contribution in [0.3, 0.4) is 0 Å². The number of rotatable bonds is 12. The lowest BCUT2D eigenvalue weighted by Gasteiger charge is -2.43. The van der Waals surface area contributed by atoms with Crippen molar-refractivity contribution < 1.29 is 19.4 Å². The van der Waals surface area contributed by atoms with Gasteiger partial charge in [0.25, 0.3) is 0 Å². The summed E-state index contributed by atoms with van der Waals surface area (Å²) in [6.45, 7) is 17.0. The maximum absolute atomic E-state index is 14.9. The Labute approximate surface area is 259 Å². The van der Waals surface area contributed by atoms with Gasteiger partial charge in [-0.3, -0.25) is 9.29 Å². The van der Waals surface area contributed by atoms with Gasteiger partial charge in [-0.1, -0.05) is 44.9 Å². The van der Waals surface area contributed by atoms with Crippen LogP contribution in [-0.2, 0) is 0 Å². The summed E-state index contributed by atoms with van der Waals surface area (Å²) in [4.78, 5) is 20.2. The molecule has 0 bridgehead atoms. The molecule has 2 atom stereocenters. The molecule has 1 aliphatic carbocycles. The van der Waals surface area contributed by atoms with Gasteiger partial charge in [0, 0.05) is 36.0 Å². The van der Waals surface area contributed by atoms with Crippen LogP contribution in [0.25, 0.3) is 0 Å². The molecule has 7 nitrogen and oxygen atoms in total. The van der Waals surface area contributed by atoms with E-state index in [0.717, 1.165) is 36.1 Å². The standard InChI is InChI=1S/C33H47FN4O3.C2H6/c1-8-16-37(29-17-26(19-35)14-13-25(29)5)23-33(22-34)15-11-12-27(18-33)21-38(31(39)40)30(10-3)36-20-28(24(4)9-2)32(6,7)41;1-2/h8,10,13-14,16-17,20,27,41H,9,11-12,15,18,21-23H2,1-7H3,(H,39,40);1-2H3/b16-8-,28-24?,30-10+,36-20-;/t27-,33+;/m1./s1. The van der Waals surface area contributed by atoms with E-state index >= 15 is 0 Å². The first-order chi connectivity index (χ1) is 20.3. The van der Waals surface area contributed by atoms with Gasteiger partial charge in [0.1, 0.15) is 5.82 Å². The summed E-state index contributed by atoms with van der Waals surface area (Å²) in [5, 5.41) is 30.2. The van der Waals surface area contributed by atoms with Crippen LogP contribution in [0.2, 0.25) is 0 Å². The second-order valence-corrected chi connectivity index (χ2v) is 11.7. The smallest absolute Gasteiger partial charge is 0.413 e. The van der Waals surface area contributed by atoms with Crippen LogP contribution in [0.5, 0.6) is 0 Å². The topological polar surface area (TPSA) is 100 Å². The minimum Gasteiger partial charge on any atom is -0.465 e. The monoisotopic (exact) mass is 596 g/mol. The van der Waals surface area contributed by atoms with E-state index in [1.54, 1.807) is 39.1 Å². The fraction of sp³-hybridized carbons (Fsp3) is 0.571. The highest BCUT2D eigenvalue weighted by Gasteiger charge is 2.39. The van der Waals surface area contributed by atoms with E-state index in [2.05, 4.69) is 11.1 Å². The van der Waals surface area contributed by atoms with E-state index in [1.807, 2.05) is 70.9 Å². The number of alkyl halides is 1. The molecule has 0 aliphatic heterocycles.